The standard InChI is InChI=1S/C10H16ClN/c1-4-5-9(8(2)3)6-10(11)7-12/h4-8H,12H2,1-3H3/b5-4-,9-6+,10-7+. The van der Waals surface area contributed by atoms with E-state index in [1.54, 1.807) is 0 Å². The summed E-state index contributed by atoms with van der Waals surface area (Å²) in [7, 11) is 0. The lowest BCUT2D eigenvalue weighted by molar-refractivity contribution is 0.791. The molecule has 0 bridgehead atoms. The van der Waals surface area contributed by atoms with Crippen molar-refractivity contribution >= 4 is 11.6 Å². The van der Waals surface area contributed by atoms with Crippen LogP contribution in [0.2, 0.25) is 0 Å². The van der Waals surface area contributed by atoms with Crippen LogP contribution in [0.5, 0.6) is 0 Å². The molecule has 1 nitrogen and oxygen atoms in total. The minimum atomic E-state index is 0.467. The van der Waals surface area contributed by atoms with Gasteiger partial charge in [0.2, 0.25) is 0 Å². The third kappa shape index (κ3) is 4.24. The zero-order chi connectivity index (χ0) is 9.56. The van der Waals surface area contributed by atoms with Crippen LogP contribution < -0.4 is 5.73 Å². The van der Waals surface area contributed by atoms with E-state index in [1.807, 2.05) is 25.2 Å². The van der Waals surface area contributed by atoms with E-state index >= 15 is 0 Å². The van der Waals surface area contributed by atoms with E-state index in [0.29, 0.717) is 11.0 Å². The predicted octanol–water partition coefficient (Wildman–Crippen LogP) is 3.18. The maximum absolute atomic E-state index is 5.77. The zero-order valence-corrected chi connectivity index (χ0v) is 8.60. The van der Waals surface area contributed by atoms with E-state index in [-0.39, 0.29) is 0 Å². The lowest BCUT2D eigenvalue weighted by Gasteiger charge is -2.05. The first-order chi connectivity index (χ1) is 5.61. The minimum absolute atomic E-state index is 0.467. The summed E-state index contributed by atoms with van der Waals surface area (Å²) in [6.07, 6.45) is 7.31. The first-order valence-electron chi connectivity index (χ1n) is 4.03. The van der Waals surface area contributed by atoms with Crippen molar-refractivity contribution in [2.45, 2.75) is 20.8 Å². The van der Waals surface area contributed by atoms with Crippen molar-refractivity contribution in [3.8, 4) is 0 Å². The highest BCUT2D eigenvalue weighted by molar-refractivity contribution is 6.31. The van der Waals surface area contributed by atoms with Crippen LogP contribution in [0.3, 0.4) is 0 Å². The van der Waals surface area contributed by atoms with Gasteiger partial charge in [-0.25, -0.2) is 0 Å². The van der Waals surface area contributed by atoms with Crippen molar-refractivity contribution < 1.29 is 0 Å². The summed E-state index contributed by atoms with van der Waals surface area (Å²) in [5.74, 6) is 0.467. The Kier molecular flexibility index (Phi) is 5.56. The molecule has 0 saturated heterocycles. The van der Waals surface area contributed by atoms with Gasteiger partial charge in [-0.2, -0.15) is 0 Å². The second-order valence-electron chi connectivity index (χ2n) is 2.85. The van der Waals surface area contributed by atoms with Crippen molar-refractivity contribution in [3.05, 3.63) is 35.0 Å². The molecule has 0 fully saturated rings. The SMILES string of the molecule is C\C=C/C(=C\C(Cl)=C/N)C(C)C. The first kappa shape index (κ1) is 11.3. The molecule has 2 heteroatoms. The van der Waals surface area contributed by atoms with Gasteiger partial charge >= 0.3 is 0 Å². The number of nitrogens with two attached hydrogens (primary N) is 1. The molecule has 0 aliphatic rings. The molecular formula is C10H16ClN. The van der Waals surface area contributed by atoms with Crippen molar-refractivity contribution in [1.29, 1.82) is 0 Å². The van der Waals surface area contributed by atoms with E-state index in [0.717, 1.165) is 0 Å². The average molecular weight is 186 g/mol. The van der Waals surface area contributed by atoms with Gasteiger partial charge in [-0.15, -0.1) is 0 Å². The highest BCUT2D eigenvalue weighted by Crippen LogP contribution is 2.15. The summed E-state index contributed by atoms with van der Waals surface area (Å²) >= 11 is 5.77. The summed E-state index contributed by atoms with van der Waals surface area (Å²) in [6, 6.07) is 0. The second kappa shape index (κ2) is 5.90. The van der Waals surface area contributed by atoms with Crippen LogP contribution >= 0.6 is 11.6 Å². The van der Waals surface area contributed by atoms with Gasteiger partial charge in [0.1, 0.15) is 0 Å². The molecule has 0 aliphatic carbocycles. The Bertz CT molecular complexity index is 212. The number of hydrogen-bond donors (Lipinski definition) is 1. The topological polar surface area (TPSA) is 26.0 Å². The molecule has 0 amide bonds. The van der Waals surface area contributed by atoms with Crippen molar-refractivity contribution in [2.24, 2.45) is 11.7 Å². The highest BCUT2D eigenvalue weighted by Gasteiger charge is 1.98. The lowest BCUT2D eigenvalue weighted by atomic mass is 10.0. The minimum Gasteiger partial charge on any atom is -0.403 e. The Labute approximate surface area is 79.6 Å². The molecular weight excluding hydrogens is 170 g/mol. The van der Waals surface area contributed by atoms with Crippen LogP contribution in [0.4, 0.5) is 0 Å². The fourth-order valence-corrected chi connectivity index (χ4v) is 0.933. The molecule has 68 valence electrons. The Balaban J connectivity index is 4.61. The molecule has 0 radical (unpaired) electrons. The number of hydrogen-bond acceptors (Lipinski definition) is 1. The summed E-state index contributed by atoms with van der Waals surface area (Å²) in [5.41, 5.74) is 6.44. The zero-order valence-electron chi connectivity index (χ0n) is 7.84. The van der Waals surface area contributed by atoms with E-state index in [1.165, 1.54) is 11.8 Å². The largest absolute Gasteiger partial charge is 0.403 e. The van der Waals surface area contributed by atoms with Crippen molar-refractivity contribution in [2.75, 3.05) is 0 Å². The van der Waals surface area contributed by atoms with Crippen LogP contribution in [0.15, 0.2) is 35.0 Å². The summed E-state index contributed by atoms with van der Waals surface area (Å²) < 4.78 is 0. The maximum atomic E-state index is 5.77. The molecule has 0 aromatic rings. The molecule has 0 heterocycles. The van der Waals surface area contributed by atoms with Gasteiger partial charge in [0.05, 0.1) is 5.03 Å². The van der Waals surface area contributed by atoms with Gasteiger partial charge < -0.3 is 5.73 Å². The van der Waals surface area contributed by atoms with Gasteiger partial charge in [0, 0.05) is 6.20 Å². The Morgan fingerprint density at radius 3 is 2.33 bits per heavy atom. The van der Waals surface area contributed by atoms with Gasteiger partial charge in [0.25, 0.3) is 0 Å². The van der Waals surface area contributed by atoms with Crippen molar-refractivity contribution in [1.82, 2.24) is 0 Å². The van der Waals surface area contributed by atoms with Crippen LogP contribution in [0, 0.1) is 5.92 Å². The Morgan fingerprint density at radius 2 is 2.00 bits per heavy atom. The Hall–Kier alpha value is -0.690. The molecule has 2 N–H and O–H groups in total. The molecule has 0 aliphatic heterocycles. The van der Waals surface area contributed by atoms with Crippen LogP contribution in [0.1, 0.15) is 20.8 Å². The molecule has 12 heavy (non-hydrogen) atoms. The van der Waals surface area contributed by atoms with E-state index in [2.05, 4.69) is 13.8 Å². The fourth-order valence-electron chi connectivity index (χ4n) is 0.807. The van der Waals surface area contributed by atoms with E-state index < -0.39 is 0 Å². The fraction of sp³-hybridized carbons (Fsp3) is 0.400. The molecule has 0 saturated carbocycles. The van der Waals surface area contributed by atoms with Crippen LogP contribution in [0.25, 0.3) is 0 Å². The lowest BCUT2D eigenvalue weighted by Crippen LogP contribution is -1.91. The second-order valence-corrected chi connectivity index (χ2v) is 3.29. The van der Waals surface area contributed by atoms with Crippen LogP contribution in [-0.2, 0) is 0 Å². The molecule has 0 atom stereocenters. The highest BCUT2D eigenvalue weighted by atomic mass is 35.5. The smallest absolute Gasteiger partial charge is 0.0563 e. The normalized spacial score (nSPS) is 14.8. The molecule has 0 rings (SSSR count). The maximum Gasteiger partial charge on any atom is 0.0563 e. The van der Waals surface area contributed by atoms with Crippen molar-refractivity contribution in [3.63, 3.8) is 0 Å². The first-order valence-corrected chi connectivity index (χ1v) is 4.41. The number of rotatable bonds is 3. The van der Waals surface area contributed by atoms with Gasteiger partial charge in [-0.1, -0.05) is 37.6 Å². The van der Waals surface area contributed by atoms with E-state index in [4.69, 9.17) is 17.3 Å². The quantitative estimate of drug-likeness (QED) is 0.672. The third-order valence-corrected chi connectivity index (χ3v) is 1.72. The molecule has 0 aromatic heterocycles. The van der Waals surface area contributed by atoms with Gasteiger partial charge in [-0.3, -0.25) is 0 Å². The van der Waals surface area contributed by atoms with Gasteiger partial charge in [-0.05, 0) is 24.5 Å². The predicted molar refractivity (Wildman–Crippen MR) is 55.9 cm³/mol. The number of allylic oxidation sites excluding steroid dienone is 5. The van der Waals surface area contributed by atoms with E-state index in [9.17, 15) is 0 Å². The molecule has 0 spiro atoms. The van der Waals surface area contributed by atoms with Gasteiger partial charge in [0.15, 0.2) is 0 Å². The summed E-state index contributed by atoms with van der Waals surface area (Å²) in [6.45, 7) is 6.22. The molecule has 0 aromatic carbocycles. The summed E-state index contributed by atoms with van der Waals surface area (Å²) in [5, 5.41) is 0.580. The third-order valence-electron chi connectivity index (χ3n) is 1.49. The average Bonchev–Trinajstić information content (AvgIpc) is 2.03. The Morgan fingerprint density at radius 1 is 1.42 bits per heavy atom. The van der Waals surface area contributed by atoms with Crippen LogP contribution in [-0.4, -0.2) is 0 Å². The monoisotopic (exact) mass is 185 g/mol. The summed E-state index contributed by atoms with van der Waals surface area (Å²) in [4.78, 5) is 0. The number of halogens is 1. The molecule has 0 unspecified atom stereocenters.